The number of halogens is 1. The number of nitrogens with zero attached hydrogens (tertiary/aromatic N) is 5. The predicted molar refractivity (Wildman–Crippen MR) is 140 cm³/mol. The largest absolute Gasteiger partial charge is 0.342 e. The van der Waals surface area contributed by atoms with E-state index < -0.39 is 0 Å². The van der Waals surface area contributed by atoms with Crippen LogP contribution in [0, 0.1) is 13.8 Å². The Morgan fingerprint density at radius 3 is 2.64 bits per heavy atom. The minimum atomic E-state index is 0.522. The number of aryl methyl sites for hydroxylation is 1. The van der Waals surface area contributed by atoms with E-state index in [1.54, 1.807) is 12.4 Å². The molecule has 7 nitrogen and oxygen atoms in total. The predicted octanol–water partition coefficient (Wildman–Crippen LogP) is 5.04. The van der Waals surface area contributed by atoms with E-state index in [0.717, 1.165) is 46.6 Å². The fraction of sp³-hybridized carbons (Fsp3) is 0.440. The zero-order valence-corrected chi connectivity index (χ0v) is 21.0. The van der Waals surface area contributed by atoms with E-state index >= 15 is 0 Å². The van der Waals surface area contributed by atoms with E-state index in [-0.39, 0.29) is 0 Å². The van der Waals surface area contributed by atoms with Crippen molar-refractivity contribution in [3.8, 4) is 0 Å². The summed E-state index contributed by atoms with van der Waals surface area (Å²) in [7, 11) is 6.10. The summed E-state index contributed by atoms with van der Waals surface area (Å²) in [5.41, 5.74) is 5.68. The second-order valence-corrected chi connectivity index (χ2v) is 9.03. The van der Waals surface area contributed by atoms with Crippen LogP contribution in [0.25, 0.3) is 11.0 Å². The molecule has 2 N–H and O–H groups in total. The van der Waals surface area contributed by atoms with Crippen LogP contribution >= 0.6 is 11.6 Å². The van der Waals surface area contributed by atoms with Crippen molar-refractivity contribution in [1.82, 2.24) is 25.2 Å². The van der Waals surface area contributed by atoms with E-state index in [2.05, 4.69) is 57.9 Å². The molecule has 1 aliphatic carbocycles. The van der Waals surface area contributed by atoms with Gasteiger partial charge >= 0.3 is 0 Å². The molecule has 176 valence electrons. The lowest BCUT2D eigenvalue weighted by Crippen LogP contribution is -2.23. The maximum absolute atomic E-state index is 6.47. The average Bonchev–Trinajstić information content (AvgIpc) is 3.06. The third-order valence-corrected chi connectivity index (χ3v) is 6.48. The molecule has 3 aromatic rings. The number of amidine groups is 1. The number of likely N-dealkylation sites (N-methyl/N-ethyl adjacent to an activating group) is 2. The first-order chi connectivity index (χ1) is 15.9. The smallest absolute Gasteiger partial charge is 0.160 e. The Labute approximate surface area is 201 Å². The van der Waals surface area contributed by atoms with Gasteiger partial charge in [0.1, 0.15) is 5.65 Å². The lowest BCUT2D eigenvalue weighted by molar-refractivity contribution is 0.407. The summed E-state index contributed by atoms with van der Waals surface area (Å²) < 4.78 is 0. The molecule has 1 aliphatic rings. The molecular weight excluding hydrogens is 434 g/mol. The van der Waals surface area contributed by atoms with Gasteiger partial charge in [0.2, 0.25) is 0 Å². The number of H-pyrrole nitrogens is 1. The fourth-order valence-electron chi connectivity index (χ4n) is 3.79. The molecule has 8 heteroatoms. The zero-order chi connectivity index (χ0) is 24.0. The quantitative estimate of drug-likeness (QED) is 0.393. The average molecular weight is 468 g/mol. The van der Waals surface area contributed by atoms with Crippen LogP contribution in [-0.4, -0.2) is 66.6 Å². The molecule has 0 radical (unpaired) electrons. The van der Waals surface area contributed by atoms with E-state index in [1.165, 1.54) is 24.8 Å². The van der Waals surface area contributed by atoms with Crippen molar-refractivity contribution in [2.75, 3.05) is 34.2 Å². The van der Waals surface area contributed by atoms with Crippen LogP contribution in [0.3, 0.4) is 0 Å². The molecule has 0 amide bonds. The lowest BCUT2D eigenvalue weighted by atomic mass is 9.79. The summed E-state index contributed by atoms with van der Waals surface area (Å²) in [6, 6.07) is 1.87. The molecule has 0 aromatic carbocycles. The van der Waals surface area contributed by atoms with Crippen LogP contribution in [0.2, 0.25) is 5.02 Å². The van der Waals surface area contributed by atoms with Crippen molar-refractivity contribution in [2.24, 2.45) is 9.98 Å². The molecule has 0 saturated heterocycles. The Morgan fingerprint density at radius 1 is 1.30 bits per heavy atom. The third kappa shape index (κ3) is 5.85. The van der Waals surface area contributed by atoms with Crippen molar-refractivity contribution < 1.29 is 0 Å². The van der Waals surface area contributed by atoms with Gasteiger partial charge in [-0.3, -0.25) is 4.98 Å². The highest BCUT2D eigenvalue weighted by atomic mass is 35.5. The Morgan fingerprint density at radius 2 is 2.06 bits per heavy atom. The molecule has 0 aliphatic heterocycles. The summed E-state index contributed by atoms with van der Waals surface area (Å²) in [5.74, 6) is 1.13. The van der Waals surface area contributed by atoms with Gasteiger partial charge in [0, 0.05) is 42.1 Å². The van der Waals surface area contributed by atoms with Crippen LogP contribution in [0.1, 0.15) is 47.6 Å². The molecule has 0 atom stereocenters. The summed E-state index contributed by atoms with van der Waals surface area (Å²) in [5, 5.41) is 4.51. The first kappa shape index (κ1) is 25.0. The minimum absolute atomic E-state index is 0.522. The topological polar surface area (TPSA) is 81.6 Å². The number of aromatic nitrogens is 3. The van der Waals surface area contributed by atoms with Gasteiger partial charge in [-0.25, -0.2) is 15.0 Å². The van der Waals surface area contributed by atoms with Crippen molar-refractivity contribution in [3.05, 3.63) is 52.1 Å². The molecule has 1 fully saturated rings. The van der Waals surface area contributed by atoms with Crippen molar-refractivity contribution in [1.29, 1.82) is 0 Å². The summed E-state index contributed by atoms with van der Waals surface area (Å²) >= 11 is 6.47. The number of hydrogen-bond acceptors (Lipinski definition) is 5. The first-order valence-electron chi connectivity index (χ1n) is 11.3. The van der Waals surface area contributed by atoms with Gasteiger partial charge in [-0.05, 0) is 77.7 Å². The van der Waals surface area contributed by atoms with Crippen LogP contribution in [0.5, 0.6) is 0 Å². The van der Waals surface area contributed by atoms with E-state index in [9.17, 15) is 0 Å². The van der Waals surface area contributed by atoms with Crippen LogP contribution < -0.4 is 5.32 Å². The second-order valence-electron chi connectivity index (χ2n) is 8.65. The Kier molecular flexibility index (Phi) is 8.72. The molecule has 4 rings (SSSR count). The van der Waals surface area contributed by atoms with Gasteiger partial charge in [-0.2, -0.15) is 0 Å². The number of aliphatic imine (C=N–C) groups is 2. The van der Waals surface area contributed by atoms with Gasteiger partial charge in [0.25, 0.3) is 0 Å². The zero-order valence-electron chi connectivity index (χ0n) is 20.2. The second kappa shape index (κ2) is 11.5. The Hall–Kier alpha value is -2.61. The fourth-order valence-corrected chi connectivity index (χ4v) is 4.03. The molecular formula is C25H34ClN7. The Balaban J connectivity index is 0.000000383. The summed E-state index contributed by atoms with van der Waals surface area (Å²) in [4.78, 5) is 23.0. The van der Waals surface area contributed by atoms with E-state index in [4.69, 9.17) is 16.6 Å². The maximum atomic E-state index is 6.47. The van der Waals surface area contributed by atoms with E-state index in [0.29, 0.717) is 16.8 Å². The van der Waals surface area contributed by atoms with Crippen LogP contribution in [-0.2, 0) is 0 Å². The third-order valence-electron chi connectivity index (χ3n) is 6.00. The molecule has 0 bridgehead atoms. The molecule has 3 heterocycles. The van der Waals surface area contributed by atoms with Gasteiger partial charge in [-0.1, -0.05) is 18.0 Å². The standard InChI is InChI=1S/C20H20ClN5.C5H14N2/c1-11-15(13-5-4-6-13)9-23-10-16(11)26-19(22-3)14-7-8-24-20-17(14)18(21)12(2)25-20;1-6-4-5-7(2)3/h7-10,13H,3-6H2,1-2H3,(H,24,25);6H,4-5H2,1-3H3. The normalized spacial score (nSPS) is 14.2. The van der Waals surface area contributed by atoms with Gasteiger partial charge in [0.15, 0.2) is 5.84 Å². The maximum Gasteiger partial charge on any atom is 0.160 e. The number of pyridine rings is 2. The van der Waals surface area contributed by atoms with Crippen LogP contribution in [0.4, 0.5) is 5.69 Å². The molecule has 1 saturated carbocycles. The SMILES string of the molecule is C=NC(=Nc1cncc(C2CCC2)c1C)c1ccnc2[nH]c(C)c(Cl)c12.CNCCN(C)C. The first-order valence-corrected chi connectivity index (χ1v) is 11.7. The molecule has 3 aromatic heterocycles. The lowest BCUT2D eigenvalue weighted by Gasteiger charge is -2.27. The number of nitrogens with one attached hydrogen (secondary N) is 2. The Bertz CT molecular complexity index is 1130. The molecule has 0 unspecified atom stereocenters. The van der Waals surface area contributed by atoms with Gasteiger partial charge < -0.3 is 15.2 Å². The highest BCUT2D eigenvalue weighted by Crippen LogP contribution is 2.39. The molecule has 33 heavy (non-hydrogen) atoms. The monoisotopic (exact) mass is 467 g/mol. The van der Waals surface area contributed by atoms with E-state index in [1.807, 2.05) is 26.2 Å². The summed E-state index contributed by atoms with van der Waals surface area (Å²) in [6.07, 6.45) is 9.22. The minimum Gasteiger partial charge on any atom is -0.342 e. The number of fused-ring (bicyclic) bond motifs is 1. The number of hydrogen-bond donors (Lipinski definition) is 2. The molecule has 0 spiro atoms. The van der Waals surface area contributed by atoms with Crippen LogP contribution in [0.15, 0.2) is 34.6 Å². The van der Waals surface area contributed by atoms with Crippen molar-refractivity contribution >= 4 is 40.9 Å². The van der Waals surface area contributed by atoms with Gasteiger partial charge in [0.05, 0.1) is 16.9 Å². The van der Waals surface area contributed by atoms with Crippen molar-refractivity contribution in [2.45, 2.75) is 39.0 Å². The number of aromatic amines is 1. The highest BCUT2D eigenvalue weighted by Gasteiger charge is 2.23. The summed E-state index contributed by atoms with van der Waals surface area (Å²) in [6.45, 7) is 9.93. The number of rotatable bonds is 6. The highest BCUT2D eigenvalue weighted by molar-refractivity contribution is 6.37. The van der Waals surface area contributed by atoms with Gasteiger partial charge in [-0.15, -0.1) is 0 Å². The van der Waals surface area contributed by atoms with Crippen molar-refractivity contribution in [3.63, 3.8) is 0 Å².